The van der Waals surface area contributed by atoms with E-state index in [4.69, 9.17) is 9.84 Å². The molecule has 0 bridgehead atoms. The van der Waals surface area contributed by atoms with Crippen molar-refractivity contribution in [2.75, 3.05) is 13.7 Å². The van der Waals surface area contributed by atoms with Gasteiger partial charge in [0.25, 0.3) is 0 Å². The number of carbonyl (C=O) groups is 1. The molecule has 0 radical (unpaired) electrons. The molecule has 3 heteroatoms. The number of aliphatic hydroxyl groups excluding tert-OH is 1. The maximum Gasteiger partial charge on any atom is 0.308 e. The maximum absolute atomic E-state index is 11.2. The monoisotopic (exact) mass is 186 g/mol. The van der Waals surface area contributed by atoms with Crippen LogP contribution in [-0.4, -0.2) is 24.8 Å². The van der Waals surface area contributed by atoms with Crippen LogP contribution in [0.15, 0.2) is 0 Å². The molecule has 1 rings (SSSR count). The first-order valence-electron chi connectivity index (χ1n) is 4.87. The van der Waals surface area contributed by atoms with Crippen molar-refractivity contribution in [3.8, 4) is 0 Å². The summed E-state index contributed by atoms with van der Waals surface area (Å²) in [4.78, 5) is 11.2. The molecule has 0 spiro atoms. The zero-order chi connectivity index (χ0) is 9.84. The van der Waals surface area contributed by atoms with E-state index in [2.05, 4.69) is 0 Å². The minimum absolute atomic E-state index is 0.0125. The summed E-state index contributed by atoms with van der Waals surface area (Å²) >= 11 is 0. The van der Waals surface area contributed by atoms with Gasteiger partial charge in [0.1, 0.15) is 0 Å². The molecule has 1 fully saturated rings. The summed E-state index contributed by atoms with van der Waals surface area (Å²) in [7, 11) is 1.43. The standard InChI is InChI=1S/C10H18O3/c1-7(10(12)13-2)9-4-3-8(5-9)6-11/h7-9,11H,3-6H2,1-2H3. The van der Waals surface area contributed by atoms with Crippen LogP contribution in [0, 0.1) is 17.8 Å². The third kappa shape index (κ3) is 2.44. The number of rotatable bonds is 3. The quantitative estimate of drug-likeness (QED) is 0.674. The molecule has 0 aromatic heterocycles. The summed E-state index contributed by atoms with van der Waals surface area (Å²) in [5, 5.41) is 8.95. The number of esters is 1. The van der Waals surface area contributed by atoms with Gasteiger partial charge in [0.05, 0.1) is 13.0 Å². The van der Waals surface area contributed by atoms with E-state index < -0.39 is 0 Å². The van der Waals surface area contributed by atoms with E-state index in [-0.39, 0.29) is 18.5 Å². The van der Waals surface area contributed by atoms with E-state index in [1.54, 1.807) is 0 Å². The third-order valence-corrected chi connectivity index (χ3v) is 3.12. The van der Waals surface area contributed by atoms with Gasteiger partial charge in [-0.25, -0.2) is 0 Å². The molecule has 0 heterocycles. The van der Waals surface area contributed by atoms with E-state index in [9.17, 15) is 4.79 Å². The van der Waals surface area contributed by atoms with Gasteiger partial charge in [-0.3, -0.25) is 4.79 Å². The van der Waals surface area contributed by atoms with Crippen LogP contribution in [0.5, 0.6) is 0 Å². The van der Waals surface area contributed by atoms with Crippen molar-refractivity contribution in [3.05, 3.63) is 0 Å². The highest BCUT2D eigenvalue weighted by Gasteiger charge is 2.32. The fourth-order valence-electron chi connectivity index (χ4n) is 2.11. The van der Waals surface area contributed by atoms with Crippen LogP contribution in [0.3, 0.4) is 0 Å². The van der Waals surface area contributed by atoms with Crippen molar-refractivity contribution < 1.29 is 14.6 Å². The maximum atomic E-state index is 11.2. The lowest BCUT2D eigenvalue weighted by Gasteiger charge is -2.16. The lowest BCUT2D eigenvalue weighted by Crippen LogP contribution is -2.20. The lowest BCUT2D eigenvalue weighted by atomic mass is 9.92. The summed E-state index contributed by atoms with van der Waals surface area (Å²) in [6.45, 7) is 2.17. The summed E-state index contributed by atoms with van der Waals surface area (Å²) < 4.78 is 4.69. The average molecular weight is 186 g/mol. The Morgan fingerprint density at radius 2 is 2.31 bits per heavy atom. The van der Waals surface area contributed by atoms with E-state index in [1.807, 2.05) is 6.92 Å². The molecule has 1 saturated carbocycles. The molecule has 76 valence electrons. The molecular weight excluding hydrogens is 168 g/mol. The molecular formula is C10H18O3. The van der Waals surface area contributed by atoms with E-state index in [0.717, 1.165) is 19.3 Å². The topological polar surface area (TPSA) is 46.5 Å². The summed E-state index contributed by atoms with van der Waals surface area (Å²) in [6, 6.07) is 0. The predicted octanol–water partition coefficient (Wildman–Crippen LogP) is 1.20. The van der Waals surface area contributed by atoms with E-state index >= 15 is 0 Å². The summed E-state index contributed by atoms with van der Waals surface area (Å²) in [5.41, 5.74) is 0. The Labute approximate surface area is 79.1 Å². The highest BCUT2D eigenvalue weighted by Crippen LogP contribution is 2.35. The second kappa shape index (κ2) is 4.61. The fraction of sp³-hybridized carbons (Fsp3) is 0.900. The second-order valence-corrected chi connectivity index (χ2v) is 3.93. The van der Waals surface area contributed by atoms with Gasteiger partial charge in [0.15, 0.2) is 0 Å². The number of ether oxygens (including phenoxy) is 1. The Bertz CT molecular complexity index is 179. The molecule has 0 aromatic carbocycles. The van der Waals surface area contributed by atoms with Gasteiger partial charge in [-0.05, 0) is 31.1 Å². The molecule has 13 heavy (non-hydrogen) atoms. The van der Waals surface area contributed by atoms with Crippen LogP contribution >= 0.6 is 0 Å². The van der Waals surface area contributed by atoms with Crippen LogP contribution in [0.4, 0.5) is 0 Å². The van der Waals surface area contributed by atoms with Gasteiger partial charge >= 0.3 is 5.97 Å². The highest BCUT2D eigenvalue weighted by molar-refractivity contribution is 5.72. The van der Waals surface area contributed by atoms with Crippen LogP contribution in [0.1, 0.15) is 26.2 Å². The molecule has 1 aliphatic carbocycles. The lowest BCUT2D eigenvalue weighted by molar-refractivity contribution is -0.146. The van der Waals surface area contributed by atoms with Gasteiger partial charge in [0.2, 0.25) is 0 Å². The van der Waals surface area contributed by atoms with Crippen molar-refractivity contribution in [3.63, 3.8) is 0 Å². The number of aliphatic hydroxyl groups is 1. The summed E-state index contributed by atoms with van der Waals surface area (Å²) in [6.07, 6.45) is 3.05. The van der Waals surface area contributed by atoms with E-state index in [1.165, 1.54) is 7.11 Å². The molecule has 3 atom stereocenters. The number of hydrogen-bond donors (Lipinski definition) is 1. The Morgan fingerprint density at radius 1 is 1.62 bits per heavy atom. The number of hydrogen-bond acceptors (Lipinski definition) is 3. The normalized spacial score (nSPS) is 30.1. The van der Waals surface area contributed by atoms with Gasteiger partial charge in [0, 0.05) is 6.61 Å². The molecule has 0 aromatic rings. The van der Waals surface area contributed by atoms with Gasteiger partial charge in [-0.2, -0.15) is 0 Å². The van der Waals surface area contributed by atoms with Crippen molar-refractivity contribution in [1.82, 2.24) is 0 Å². The Kier molecular flexibility index (Phi) is 3.72. The smallest absolute Gasteiger partial charge is 0.308 e. The molecule has 1 N–H and O–H groups in total. The SMILES string of the molecule is COC(=O)C(C)C1CCC(CO)C1. The van der Waals surface area contributed by atoms with Crippen LogP contribution in [-0.2, 0) is 9.53 Å². The van der Waals surface area contributed by atoms with Gasteiger partial charge in [-0.15, -0.1) is 0 Å². The second-order valence-electron chi connectivity index (χ2n) is 3.93. The number of carbonyl (C=O) groups excluding carboxylic acids is 1. The van der Waals surface area contributed by atoms with Crippen LogP contribution in [0.2, 0.25) is 0 Å². The van der Waals surface area contributed by atoms with Crippen molar-refractivity contribution in [1.29, 1.82) is 0 Å². The van der Waals surface area contributed by atoms with E-state index in [0.29, 0.717) is 11.8 Å². The fourth-order valence-corrected chi connectivity index (χ4v) is 2.11. The Balaban J connectivity index is 2.41. The van der Waals surface area contributed by atoms with Crippen molar-refractivity contribution in [2.45, 2.75) is 26.2 Å². The molecule has 1 aliphatic rings. The molecule has 0 amide bonds. The minimum Gasteiger partial charge on any atom is -0.469 e. The predicted molar refractivity (Wildman–Crippen MR) is 49.1 cm³/mol. The molecule has 0 aliphatic heterocycles. The molecule has 3 unspecified atom stereocenters. The Hall–Kier alpha value is -0.570. The molecule has 3 nitrogen and oxygen atoms in total. The zero-order valence-corrected chi connectivity index (χ0v) is 8.32. The largest absolute Gasteiger partial charge is 0.469 e. The van der Waals surface area contributed by atoms with Crippen molar-refractivity contribution in [2.24, 2.45) is 17.8 Å². The molecule has 0 saturated heterocycles. The van der Waals surface area contributed by atoms with Gasteiger partial charge in [-0.1, -0.05) is 6.92 Å². The highest BCUT2D eigenvalue weighted by atomic mass is 16.5. The first-order chi connectivity index (χ1) is 6.19. The van der Waals surface area contributed by atoms with Crippen LogP contribution in [0.25, 0.3) is 0 Å². The summed E-state index contributed by atoms with van der Waals surface area (Å²) in [5.74, 6) is 0.673. The first-order valence-corrected chi connectivity index (χ1v) is 4.87. The number of methoxy groups -OCH3 is 1. The first kappa shape index (κ1) is 10.5. The minimum atomic E-state index is -0.122. The third-order valence-electron chi connectivity index (χ3n) is 3.12. The van der Waals surface area contributed by atoms with Crippen LogP contribution < -0.4 is 0 Å². The average Bonchev–Trinajstić information content (AvgIpc) is 2.63. The Morgan fingerprint density at radius 3 is 2.77 bits per heavy atom. The van der Waals surface area contributed by atoms with Gasteiger partial charge < -0.3 is 9.84 Å². The zero-order valence-electron chi connectivity index (χ0n) is 8.32. The van der Waals surface area contributed by atoms with Crippen molar-refractivity contribution >= 4 is 5.97 Å².